The minimum Gasteiger partial charge on any atom is -0.352 e. The Bertz CT molecular complexity index is 571. The molecule has 8 heteroatoms. The van der Waals surface area contributed by atoms with E-state index in [1.54, 1.807) is 0 Å². The molecule has 106 valence electrons. The lowest BCUT2D eigenvalue weighted by atomic mass is 10.1. The molecule has 0 atom stereocenters. The van der Waals surface area contributed by atoms with Crippen LogP contribution >= 0.6 is 0 Å². The summed E-state index contributed by atoms with van der Waals surface area (Å²) in [5.74, 6) is 5.03. The Morgan fingerprint density at radius 1 is 1.45 bits per heavy atom. The summed E-state index contributed by atoms with van der Waals surface area (Å²) in [7, 11) is 0. The van der Waals surface area contributed by atoms with Gasteiger partial charge in [0.05, 0.1) is 11.3 Å². The molecule has 0 aliphatic heterocycles. The van der Waals surface area contributed by atoms with Gasteiger partial charge in [-0.1, -0.05) is 6.07 Å². The van der Waals surface area contributed by atoms with E-state index in [1.165, 1.54) is 24.5 Å². The average Bonchev–Trinajstić information content (AvgIpc) is 2.96. The van der Waals surface area contributed by atoms with Crippen molar-refractivity contribution in [2.24, 2.45) is 5.84 Å². The largest absolute Gasteiger partial charge is 0.352 e. The Balaban J connectivity index is 1.87. The Morgan fingerprint density at radius 3 is 3.00 bits per heavy atom. The molecule has 2 rings (SSSR count). The third kappa shape index (κ3) is 3.29. The van der Waals surface area contributed by atoms with Gasteiger partial charge >= 0.3 is 0 Å². The Labute approximate surface area is 114 Å². The maximum absolute atomic E-state index is 13.4. The van der Waals surface area contributed by atoms with Crippen molar-refractivity contribution in [3.8, 4) is 0 Å². The van der Waals surface area contributed by atoms with Crippen LogP contribution in [0.5, 0.6) is 0 Å². The number of para-hydroxylation sites is 1. The summed E-state index contributed by atoms with van der Waals surface area (Å²) in [5, 5.41) is 9.16. The molecule has 7 nitrogen and oxygen atoms in total. The molecule has 1 amide bonds. The van der Waals surface area contributed by atoms with Gasteiger partial charge in [-0.05, 0) is 18.6 Å². The summed E-state index contributed by atoms with van der Waals surface area (Å²) < 4.78 is 13.4. The number of carbonyl (C=O) groups excluding carboxylic acids is 1. The molecule has 0 spiro atoms. The van der Waals surface area contributed by atoms with Crippen molar-refractivity contribution in [1.29, 1.82) is 0 Å². The zero-order chi connectivity index (χ0) is 14.4. The van der Waals surface area contributed by atoms with E-state index in [0.29, 0.717) is 19.4 Å². The maximum Gasteiger partial charge on any atom is 0.253 e. The van der Waals surface area contributed by atoms with Gasteiger partial charge in [0.1, 0.15) is 18.0 Å². The van der Waals surface area contributed by atoms with E-state index in [-0.39, 0.29) is 17.2 Å². The maximum atomic E-state index is 13.4. The lowest BCUT2D eigenvalue weighted by molar-refractivity contribution is 0.0953. The normalized spacial score (nSPS) is 10.3. The predicted molar refractivity (Wildman–Crippen MR) is 71.2 cm³/mol. The van der Waals surface area contributed by atoms with Gasteiger partial charge in [0.25, 0.3) is 5.91 Å². The van der Waals surface area contributed by atoms with E-state index >= 15 is 0 Å². The fraction of sp³-hybridized carbons (Fsp3) is 0.250. The molecule has 0 radical (unpaired) electrons. The molecule has 0 aliphatic carbocycles. The molecule has 0 unspecified atom stereocenters. The van der Waals surface area contributed by atoms with Gasteiger partial charge in [0.15, 0.2) is 0 Å². The summed E-state index contributed by atoms with van der Waals surface area (Å²) >= 11 is 0. The highest BCUT2D eigenvalue weighted by molar-refractivity contribution is 5.99. The first-order valence-electron chi connectivity index (χ1n) is 6.10. The minimum absolute atomic E-state index is 0.0137. The zero-order valence-corrected chi connectivity index (χ0v) is 10.7. The molecule has 0 aliphatic rings. The van der Waals surface area contributed by atoms with E-state index < -0.39 is 5.82 Å². The number of carbonyl (C=O) groups is 1. The summed E-state index contributed by atoms with van der Waals surface area (Å²) in [4.78, 5) is 15.9. The third-order valence-corrected chi connectivity index (χ3v) is 2.74. The smallest absolute Gasteiger partial charge is 0.253 e. The molecule has 1 aromatic carbocycles. The van der Waals surface area contributed by atoms with Crippen molar-refractivity contribution in [2.75, 3.05) is 12.0 Å². The van der Waals surface area contributed by atoms with Crippen LogP contribution in [0.4, 0.5) is 10.1 Å². The van der Waals surface area contributed by atoms with Crippen LogP contribution in [0.2, 0.25) is 0 Å². The van der Waals surface area contributed by atoms with Crippen LogP contribution in [0.3, 0.4) is 0 Å². The van der Waals surface area contributed by atoms with E-state index in [1.807, 2.05) is 0 Å². The lowest BCUT2D eigenvalue weighted by Crippen LogP contribution is -2.27. The van der Waals surface area contributed by atoms with Gasteiger partial charge in [-0.3, -0.25) is 15.7 Å². The number of aryl methyl sites for hydroxylation is 1. The van der Waals surface area contributed by atoms with Crippen molar-refractivity contribution in [1.82, 2.24) is 20.5 Å². The van der Waals surface area contributed by atoms with Crippen LogP contribution in [0.25, 0.3) is 0 Å². The minimum atomic E-state index is -0.568. The number of rotatable bonds is 6. The lowest BCUT2D eigenvalue weighted by Gasteiger charge is -2.10. The van der Waals surface area contributed by atoms with E-state index in [0.717, 1.165) is 5.82 Å². The molecular weight excluding hydrogens is 263 g/mol. The first-order chi connectivity index (χ1) is 9.72. The third-order valence-electron chi connectivity index (χ3n) is 2.74. The summed E-state index contributed by atoms with van der Waals surface area (Å²) in [6.07, 6.45) is 2.80. The molecular formula is C12H15FN6O. The molecule has 1 aromatic heterocycles. The number of benzene rings is 1. The van der Waals surface area contributed by atoms with Gasteiger partial charge in [0, 0.05) is 13.0 Å². The van der Waals surface area contributed by atoms with Crippen LogP contribution < -0.4 is 16.6 Å². The summed E-state index contributed by atoms with van der Waals surface area (Å²) in [6.45, 7) is 0.445. The van der Waals surface area contributed by atoms with E-state index in [9.17, 15) is 9.18 Å². The van der Waals surface area contributed by atoms with Gasteiger partial charge in [-0.25, -0.2) is 9.37 Å². The molecule has 5 N–H and O–H groups in total. The number of anilines is 1. The summed E-state index contributed by atoms with van der Waals surface area (Å²) in [5.41, 5.74) is 2.36. The fourth-order valence-corrected chi connectivity index (χ4v) is 1.76. The monoisotopic (exact) mass is 278 g/mol. The van der Waals surface area contributed by atoms with Gasteiger partial charge in [0.2, 0.25) is 0 Å². The second-order valence-corrected chi connectivity index (χ2v) is 4.10. The van der Waals surface area contributed by atoms with Crippen molar-refractivity contribution >= 4 is 11.6 Å². The van der Waals surface area contributed by atoms with E-state index in [2.05, 4.69) is 25.9 Å². The highest BCUT2D eigenvalue weighted by atomic mass is 19.1. The second kappa shape index (κ2) is 6.62. The fourth-order valence-electron chi connectivity index (χ4n) is 1.76. The van der Waals surface area contributed by atoms with Crippen molar-refractivity contribution in [2.45, 2.75) is 12.8 Å². The first kappa shape index (κ1) is 13.9. The predicted octanol–water partition coefficient (Wildman–Crippen LogP) is 0.592. The molecule has 2 aromatic rings. The van der Waals surface area contributed by atoms with Crippen LogP contribution in [0.1, 0.15) is 22.6 Å². The topological polar surface area (TPSA) is 109 Å². The number of hydrazine groups is 1. The zero-order valence-electron chi connectivity index (χ0n) is 10.7. The van der Waals surface area contributed by atoms with Gasteiger partial charge in [-0.15, -0.1) is 0 Å². The number of aromatic amines is 1. The van der Waals surface area contributed by atoms with Crippen LogP contribution in [0, 0.1) is 5.82 Å². The number of H-pyrrole nitrogens is 1. The molecule has 0 bridgehead atoms. The second-order valence-electron chi connectivity index (χ2n) is 4.10. The highest BCUT2D eigenvalue weighted by Crippen LogP contribution is 2.18. The number of nitrogen functional groups attached to an aromatic ring is 1. The Kier molecular flexibility index (Phi) is 4.61. The average molecular weight is 278 g/mol. The number of amides is 1. The van der Waals surface area contributed by atoms with Gasteiger partial charge < -0.3 is 10.7 Å². The number of hydrogen-bond donors (Lipinski definition) is 4. The molecule has 0 saturated carbocycles. The van der Waals surface area contributed by atoms with Crippen LogP contribution in [-0.2, 0) is 6.42 Å². The number of aromatic nitrogens is 3. The SMILES string of the molecule is NNc1c(F)cccc1C(=O)NCCCc1ncn[nH]1. The van der Waals surface area contributed by atoms with Crippen molar-refractivity contribution in [3.63, 3.8) is 0 Å². The number of hydrogen-bond acceptors (Lipinski definition) is 5. The Hall–Kier alpha value is -2.48. The number of halogens is 1. The molecule has 0 saturated heterocycles. The first-order valence-corrected chi connectivity index (χ1v) is 6.10. The van der Waals surface area contributed by atoms with Crippen molar-refractivity contribution < 1.29 is 9.18 Å². The number of nitrogens with two attached hydrogens (primary N) is 1. The highest BCUT2D eigenvalue weighted by Gasteiger charge is 2.13. The number of nitrogens with zero attached hydrogens (tertiary/aromatic N) is 2. The molecule has 1 heterocycles. The van der Waals surface area contributed by atoms with Gasteiger partial charge in [-0.2, -0.15) is 5.10 Å². The summed E-state index contributed by atoms with van der Waals surface area (Å²) in [6, 6.07) is 4.19. The van der Waals surface area contributed by atoms with E-state index in [4.69, 9.17) is 5.84 Å². The number of nitrogens with one attached hydrogen (secondary N) is 3. The molecule has 20 heavy (non-hydrogen) atoms. The Morgan fingerprint density at radius 2 is 2.30 bits per heavy atom. The quantitative estimate of drug-likeness (QED) is 0.351. The van der Waals surface area contributed by atoms with Crippen molar-refractivity contribution in [3.05, 3.63) is 41.7 Å². The van der Waals surface area contributed by atoms with Crippen LogP contribution in [0.15, 0.2) is 24.5 Å². The molecule has 0 fully saturated rings. The standard InChI is InChI=1S/C12H15FN6O/c13-9-4-1-3-8(11(9)18-14)12(20)15-6-2-5-10-16-7-17-19-10/h1,3-4,7,18H,2,5-6,14H2,(H,15,20)(H,16,17,19). The van der Waals surface area contributed by atoms with Crippen LogP contribution in [-0.4, -0.2) is 27.6 Å².